The third-order valence-corrected chi connectivity index (χ3v) is 4.23. The monoisotopic (exact) mass is 358 g/mol. The van der Waals surface area contributed by atoms with Gasteiger partial charge in [0.2, 0.25) is 11.8 Å². The first-order valence-electron chi connectivity index (χ1n) is 7.95. The van der Waals surface area contributed by atoms with E-state index in [1.54, 1.807) is 0 Å². The quantitative estimate of drug-likeness (QED) is 0.612. The fourth-order valence-corrected chi connectivity index (χ4v) is 3.10. The van der Waals surface area contributed by atoms with Gasteiger partial charge < -0.3 is 10.6 Å². The van der Waals surface area contributed by atoms with Gasteiger partial charge in [-0.3, -0.25) is 9.59 Å². The SMILES string of the molecule is CC(=O)Nc1cccc([C@@H](C)NC(=O)CSc2nc(C)cc(C)n2)c1. The van der Waals surface area contributed by atoms with Crippen molar-refractivity contribution < 1.29 is 9.59 Å². The highest BCUT2D eigenvalue weighted by molar-refractivity contribution is 7.99. The van der Waals surface area contributed by atoms with E-state index in [1.165, 1.54) is 18.7 Å². The third-order valence-electron chi connectivity index (χ3n) is 3.38. The molecule has 0 aliphatic carbocycles. The number of anilines is 1. The van der Waals surface area contributed by atoms with Crippen LogP contribution in [0.1, 0.15) is 36.8 Å². The standard InChI is InChI=1S/C18H22N4O2S/c1-11-8-12(2)20-18(19-11)25-10-17(24)21-13(3)15-6-5-7-16(9-15)22-14(4)23/h5-9,13H,10H2,1-4H3,(H,21,24)(H,22,23)/t13-/m1/s1. The third kappa shape index (κ3) is 6.19. The van der Waals surface area contributed by atoms with Crippen molar-refractivity contribution >= 4 is 29.3 Å². The largest absolute Gasteiger partial charge is 0.349 e. The van der Waals surface area contributed by atoms with Crippen LogP contribution in [0.4, 0.5) is 5.69 Å². The molecule has 0 aliphatic heterocycles. The van der Waals surface area contributed by atoms with E-state index in [0.717, 1.165) is 17.0 Å². The van der Waals surface area contributed by atoms with Crippen molar-refractivity contribution in [3.63, 3.8) is 0 Å². The van der Waals surface area contributed by atoms with Gasteiger partial charge in [0.1, 0.15) is 0 Å². The Hall–Kier alpha value is -2.41. The number of aromatic nitrogens is 2. The lowest BCUT2D eigenvalue weighted by Crippen LogP contribution is -2.28. The number of rotatable bonds is 6. The Balaban J connectivity index is 1.92. The molecule has 0 spiro atoms. The molecule has 0 radical (unpaired) electrons. The molecule has 1 aromatic heterocycles. The molecule has 0 saturated heterocycles. The Bertz CT molecular complexity index is 759. The molecule has 0 aliphatic rings. The minimum atomic E-state index is -0.165. The number of nitrogens with zero attached hydrogens (tertiary/aromatic N) is 2. The molecule has 7 heteroatoms. The van der Waals surface area contributed by atoms with Crippen molar-refractivity contribution in [2.75, 3.05) is 11.1 Å². The van der Waals surface area contributed by atoms with Gasteiger partial charge in [0.05, 0.1) is 11.8 Å². The van der Waals surface area contributed by atoms with Gasteiger partial charge in [-0.25, -0.2) is 9.97 Å². The van der Waals surface area contributed by atoms with Crippen LogP contribution >= 0.6 is 11.8 Å². The van der Waals surface area contributed by atoms with Gasteiger partial charge in [-0.05, 0) is 44.5 Å². The first-order chi connectivity index (χ1) is 11.8. The average Bonchev–Trinajstić information content (AvgIpc) is 2.51. The number of aryl methyl sites for hydroxylation is 2. The van der Waals surface area contributed by atoms with E-state index >= 15 is 0 Å². The van der Waals surface area contributed by atoms with Gasteiger partial charge in [0.25, 0.3) is 0 Å². The number of carbonyl (C=O) groups is 2. The lowest BCUT2D eigenvalue weighted by atomic mass is 10.1. The van der Waals surface area contributed by atoms with Gasteiger partial charge >= 0.3 is 0 Å². The fraction of sp³-hybridized carbons (Fsp3) is 0.333. The Labute approximate surface area is 151 Å². The van der Waals surface area contributed by atoms with E-state index in [1.807, 2.05) is 51.1 Å². The van der Waals surface area contributed by atoms with Crippen LogP contribution in [-0.2, 0) is 9.59 Å². The molecular formula is C18H22N4O2S. The normalized spacial score (nSPS) is 11.7. The van der Waals surface area contributed by atoms with Crippen LogP contribution < -0.4 is 10.6 Å². The second-order valence-electron chi connectivity index (χ2n) is 5.82. The smallest absolute Gasteiger partial charge is 0.230 e. The Morgan fingerprint density at radius 2 is 1.84 bits per heavy atom. The molecule has 0 saturated carbocycles. The van der Waals surface area contributed by atoms with Crippen molar-refractivity contribution in [2.24, 2.45) is 0 Å². The number of thioether (sulfide) groups is 1. The summed E-state index contributed by atoms with van der Waals surface area (Å²) in [7, 11) is 0. The van der Waals surface area contributed by atoms with E-state index in [4.69, 9.17) is 0 Å². The maximum absolute atomic E-state index is 12.2. The second kappa shape index (κ2) is 8.62. The van der Waals surface area contributed by atoms with Crippen LogP contribution in [0.2, 0.25) is 0 Å². The van der Waals surface area contributed by atoms with Crippen LogP contribution in [-0.4, -0.2) is 27.5 Å². The van der Waals surface area contributed by atoms with E-state index in [9.17, 15) is 9.59 Å². The molecular weight excluding hydrogens is 336 g/mol. The summed E-state index contributed by atoms with van der Waals surface area (Å²) in [6.07, 6.45) is 0. The zero-order valence-electron chi connectivity index (χ0n) is 14.8. The number of amides is 2. The van der Waals surface area contributed by atoms with Crippen LogP contribution in [0.3, 0.4) is 0 Å². The zero-order chi connectivity index (χ0) is 18.4. The van der Waals surface area contributed by atoms with Gasteiger partial charge in [0, 0.05) is 24.0 Å². The number of hydrogen-bond acceptors (Lipinski definition) is 5. The topological polar surface area (TPSA) is 84.0 Å². The summed E-state index contributed by atoms with van der Waals surface area (Å²) in [5, 5.41) is 6.29. The molecule has 1 atom stereocenters. The summed E-state index contributed by atoms with van der Waals surface area (Å²) in [6.45, 7) is 7.18. The maximum Gasteiger partial charge on any atom is 0.230 e. The molecule has 25 heavy (non-hydrogen) atoms. The molecule has 0 bridgehead atoms. The summed E-state index contributed by atoms with van der Waals surface area (Å²) in [4.78, 5) is 31.9. The molecule has 132 valence electrons. The van der Waals surface area contributed by atoms with Crippen molar-refractivity contribution in [1.82, 2.24) is 15.3 Å². The van der Waals surface area contributed by atoms with Gasteiger partial charge in [-0.1, -0.05) is 23.9 Å². The van der Waals surface area contributed by atoms with Crippen LogP contribution in [0, 0.1) is 13.8 Å². The molecule has 0 unspecified atom stereocenters. The van der Waals surface area contributed by atoms with E-state index in [-0.39, 0.29) is 23.6 Å². The van der Waals surface area contributed by atoms with Crippen LogP contribution in [0.5, 0.6) is 0 Å². The molecule has 2 N–H and O–H groups in total. The number of hydrogen-bond donors (Lipinski definition) is 2. The molecule has 2 aromatic rings. The van der Waals surface area contributed by atoms with Gasteiger partial charge in [-0.15, -0.1) is 0 Å². The summed E-state index contributed by atoms with van der Waals surface area (Å²) in [5.74, 6) is 0.0300. The molecule has 2 rings (SSSR count). The Kier molecular flexibility index (Phi) is 6.52. The molecule has 1 aromatic carbocycles. The first kappa shape index (κ1) is 18.9. The second-order valence-corrected chi connectivity index (χ2v) is 6.76. The van der Waals surface area contributed by atoms with Crippen molar-refractivity contribution in [3.05, 3.63) is 47.3 Å². The fourth-order valence-electron chi connectivity index (χ4n) is 2.34. The van der Waals surface area contributed by atoms with Crippen molar-refractivity contribution in [2.45, 2.75) is 38.9 Å². The lowest BCUT2D eigenvalue weighted by Gasteiger charge is -2.15. The van der Waals surface area contributed by atoms with E-state index in [2.05, 4.69) is 20.6 Å². The highest BCUT2D eigenvalue weighted by Crippen LogP contribution is 2.18. The summed E-state index contributed by atoms with van der Waals surface area (Å²) < 4.78 is 0. The Morgan fingerprint density at radius 1 is 1.16 bits per heavy atom. The minimum absolute atomic E-state index is 0.0924. The van der Waals surface area contributed by atoms with Gasteiger partial charge in [0.15, 0.2) is 5.16 Å². The Morgan fingerprint density at radius 3 is 2.48 bits per heavy atom. The molecule has 0 fully saturated rings. The zero-order valence-corrected chi connectivity index (χ0v) is 15.6. The predicted molar refractivity (Wildman–Crippen MR) is 99.5 cm³/mol. The average molecular weight is 358 g/mol. The summed E-state index contributed by atoms with van der Waals surface area (Å²) in [6, 6.07) is 9.16. The molecule has 1 heterocycles. The number of carbonyl (C=O) groups excluding carboxylic acids is 2. The number of nitrogens with one attached hydrogen (secondary N) is 2. The highest BCUT2D eigenvalue weighted by atomic mass is 32.2. The number of benzene rings is 1. The minimum Gasteiger partial charge on any atom is -0.349 e. The van der Waals surface area contributed by atoms with Gasteiger partial charge in [-0.2, -0.15) is 0 Å². The van der Waals surface area contributed by atoms with Crippen LogP contribution in [0.25, 0.3) is 0 Å². The predicted octanol–water partition coefficient (Wildman–Crippen LogP) is 3.02. The van der Waals surface area contributed by atoms with E-state index < -0.39 is 0 Å². The van der Waals surface area contributed by atoms with E-state index in [0.29, 0.717) is 10.8 Å². The van der Waals surface area contributed by atoms with Crippen molar-refractivity contribution in [3.8, 4) is 0 Å². The molecule has 6 nitrogen and oxygen atoms in total. The maximum atomic E-state index is 12.2. The van der Waals surface area contributed by atoms with Crippen LogP contribution in [0.15, 0.2) is 35.5 Å². The summed E-state index contributed by atoms with van der Waals surface area (Å²) in [5.41, 5.74) is 3.41. The lowest BCUT2D eigenvalue weighted by molar-refractivity contribution is -0.119. The highest BCUT2D eigenvalue weighted by Gasteiger charge is 2.12. The molecule has 2 amide bonds. The summed E-state index contributed by atoms with van der Waals surface area (Å²) >= 11 is 1.31. The first-order valence-corrected chi connectivity index (χ1v) is 8.94. The van der Waals surface area contributed by atoms with Crippen molar-refractivity contribution in [1.29, 1.82) is 0 Å².